The maximum absolute atomic E-state index is 5.86. The highest BCUT2D eigenvalue weighted by atomic mass is 28.4. The second-order valence-corrected chi connectivity index (χ2v) is 11.1. The van der Waals surface area contributed by atoms with E-state index < -0.39 is 17.4 Å². The van der Waals surface area contributed by atoms with Gasteiger partial charge >= 0.3 is 0 Å². The highest BCUT2D eigenvalue weighted by Crippen LogP contribution is 2.06. The van der Waals surface area contributed by atoms with Crippen molar-refractivity contribution in [3.8, 4) is 0 Å². The molecule has 0 radical (unpaired) electrons. The fourth-order valence-electron chi connectivity index (χ4n) is 0.687. The highest BCUT2D eigenvalue weighted by Gasteiger charge is 2.16. The van der Waals surface area contributed by atoms with Gasteiger partial charge in [0.05, 0.1) is 0 Å². The van der Waals surface area contributed by atoms with Crippen LogP contribution in [0.15, 0.2) is 0 Å². The van der Waals surface area contributed by atoms with Gasteiger partial charge in [-0.15, -0.1) is 0 Å². The van der Waals surface area contributed by atoms with Crippen molar-refractivity contribution in [2.45, 2.75) is 39.2 Å². The Morgan fingerprint density at radius 3 is 1.89 bits per heavy atom. The lowest BCUT2D eigenvalue weighted by molar-refractivity contribution is 0.575. The van der Waals surface area contributed by atoms with Crippen LogP contribution in [0.3, 0.4) is 0 Å². The van der Waals surface area contributed by atoms with Gasteiger partial charge in [0.25, 0.3) is 0 Å². The average Bonchev–Trinajstić information content (AvgIpc) is 1.62. The molecule has 9 heavy (non-hydrogen) atoms. The van der Waals surface area contributed by atoms with Crippen LogP contribution < -0.4 is 0 Å². The monoisotopic (exact) mass is 162 g/mol. The van der Waals surface area contributed by atoms with E-state index in [0.29, 0.717) is 0 Å². The molecule has 0 fully saturated rings. The third-order valence-electron chi connectivity index (χ3n) is 1.13. The van der Waals surface area contributed by atoms with Crippen molar-refractivity contribution >= 4 is 17.4 Å². The molecule has 0 aliphatic rings. The molecule has 3 heteroatoms. The summed E-state index contributed by atoms with van der Waals surface area (Å²) >= 11 is 0. The largest absolute Gasteiger partial charge is 0.458 e. The van der Waals surface area contributed by atoms with E-state index in [4.69, 9.17) is 4.12 Å². The smallest absolute Gasteiger partial charge is 0.170 e. The van der Waals surface area contributed by atoms with E-state index in [-0.39, 0.29) is 0 Å². The molecule has 0 rings (SSSR count). The first-order valence-electron chi connectivity index (χ1n) is 3.63. The van der Waals surface area contributed by atoms with Crippen LogP contribution in [0.5, 0.6) is 0 Å². The molecule has 0 amide bonds. The summed E-state index contributed by atoms with van der Waals surface area (Å²) in [5, 5.41) is 0. The standard InChI is InChI=1S/C6H18OSi2/c1-6-8(2)7-9(3,4)5/h8H,6H2,1-5H3. The number of hydrogen-bond donors (Lipinski definition) is 0. The zero-order valence-corrected chi connectivity index (χ0v) is 9.35. The minimum absolute atomic E-state index is 0.745. The van der Waals surface area contributed by atoms with Gasteiger partial charge in [0.15, 0.2) is 17.4 Å². The Balaban J connectivity index is 3.47. The van der Waals surface area contributed by atoms with Gasteiger partial charge < -0.3 is 4.12 Å². The van der Waals surface area contributed by atoms with Crippen LogP contribution in [-0.4, -0.2) is 17.4 Å². The summed E-state index contributed by atoms with van der Waals surface area (Å²) in [4.78, 5) is 0. The summed E-state index contributed by atoms with van der Waals surface area (Å²) in [6, 6.07) is 1.27. The minimum Gasteiger partial charge on any atom is -0.458 e. The fraction of sp³-hybridized carbons (Fsp3) is 1.00. The van der Waals surface area contributed by atoms with Gasteiger partial charge in [-0.05, 0) is 32.2 Å². The highest BCUT2D eigenvalue weighted by molar-refractivity contribution is 6.77. The zero-order valence-electron chi connectivity index (χ0n) is 7.19. The first kappa shape index (κ1) is 9.39. The Morgan fingerprint density at radius 1 is 1.33 bits per heavy atom. The van der Waals surface area contributed by atoms with Gasteiger partial charge in [-0.25, -0.2) is 0 Å². The van der Waals surface area contributed by atoms with Gasteiger partial charge in [0, 0.05) is 0 Å². The molecule has 1 unspecified atom stereocenters. The van der Waals surface area contributed by atoms with E-state index in [1.54, 1.807) is 0 Å². The molecular formula is C6H18OSi2. The van der Waals surface area contributed by atoms with Crippen molar-refractivity contribution in [2.75, 3.05) is 0 Å². The molecule has 1 atom stereocenters. The van der Waals surface area contributed by atoms with Crippen molar-refractivity contribution in [3.05, 3.63) is 0 Å². The van der Waals surface area contributed by atoms with Crippen LogP contribution in [0.2, 0.25) is 32.2 Å². The molecule has 0 N–H and O–H groups in total. The lowest BCUT2D eigenvalue weighted by atomic mass is 11.0. The SMILES string of the molecule is CC[SiH](C)O[Si](C)(C)C. The summed E-state index contributed by atoms with van der Waals surface area (Å²) in [5.41, 5.74) is 0. The molecule has 1 nitrogen and oxygen atoms in total. The predicted octanol–water partition coefficient (Wildman–Crippen LogP) is 2.21. The summed E-state index contributed by atoms with van der Waals surface area (Å²) in [7, 11) is -1.92. The molecule has 0 aromatic rings. The van der Waals surface area contributed by atoms with E-state index in [0.717, 1.165) is 0 Å². The molecule has 0 spiro atoms. The lowest BCUT2D eigenvalue weighted by Gasteiger charge is -2.21. The Labute approximate surface area is 61.3 Å². The Kier molecular flexibility index (Phi) is 3.69. The Bertz CT molecular complexity index is 77.6. The van der Waals surface area contributed by atoms with Gasteiger partial charge in [-0.1, -0.05) is 6.92 Å². The molecule has 0 saturated carbocycles. The molecule has 0 aromatic carbocycles. The molecule has 0 saturated heterocycles. The molecule has 0 aliphatic heterocycles. The van der Waals surface area contributed by atoms with Crippen molar-refractivity contribution in [1.82, 2.24) is 0 Å². The second kappa shape index (κ2) is 3.53. The molecule has 56 valence electrons. The van der Waals surface area contributed by atoms with Crippen molar-refractivity contribution in [2.24, 2.45) is 0 Å². The first-order chi connectivity index (χ1) is 3.95. The van der Waals surface area contributed by atoms with Gasteiger partial charge in [0.2, 0.25) is 0 Å². The third kappa shape index (κ3) is 6.28. The van der Waals surface area contributed by atoms with Crippen LogP contribution >= 0.6 is 0 Å². The Morgan fingerprint density at radius 2 is 1.78 bits per heavy atom. The molecule has 0 aliphatic carbocycles. The van der Waals surface area contributed by atoms with Crippen molar-refractivity contribution in [3.63, 3.8) is 0 Å². The molecule has 0 heterocycles. The van der Waals surface area contributed by atoms with Crippen LogP contribution in [0.4, 0.5) is 0 Å². The van der Waals surface area contributed by atoms with E-state index in [9.17, 15) is 0 Å². The average molecular weight is 162 g/mol. The maximum atomic E-state index is 5.86. The van der Waals surface area contributed by atoms with E-state index in [1.807, 2.05) is 0 Å². The minimum atomic E-state index is -1.18. The second-order valence-electron chi connectivity index (χ2n) is 3.45. The van der Waals surface area contributed by atoms with Gasteiger partial charge in [-0.3, -0.25) is 0 Å². The zero-order chi connectivity index (χ0) is 7.49. The topological polar surface area (TPSA) is 9.23 Å². The summed E-state index contributed by atoms with van der Waals surface area (Å²) in [6.45, 7) is 11.3. The normalized spacial score (nSPS) is 15.7. The van der Waals surface area contributed by atoms with Crippen LogP contribution in [0.25, 0.3) is 0 Å². The quantitative estimate of drug-likeness (QED) is 0.578. The van der Waals surface area contributed by atoms with Crippen LogP contribution in [-0.2, 0) is 4.12 Å². The van der Waals surface area contributed by atoms with E-state index in [1.165, 1.54) is 6.04 Å². The van der Waals surface area contributed by atoms with Crippen LogP contribution in [0, 0.1) is 0 Å². The summed E-state index contributed by atoms with van der Waals surface area (Å²) in [5.74, 6) is 0. The first-order valence-corrected chi connectivity index (χ1v) is 9.48. The number of rotatable bonds is 3. The van der Waals surface area contributed by atoms with Crippen LogP contribution in [0.1, 0.15) is 6.92 Å². The van der Waals surface area contributed by atoms with Crippen molar-refractivity contribution in [1.29, 1.82) is 0 Å². The van der Waals surface area contributed by atoms with Gasteiger partial charge in [-0.2, -0.15) is 0 Å². The van der Waals surface area contributed by atoms with E-state index >= 15 is 0 Å². The molecular weight excluding hydrogens is 144 g/mol. The maximum Gasteiger partial charge on any atom is 0.170 e. The molecule has 0 aromatic heterocycles. The third-order valence-corrected chi connectivity index (χ3v) is 6.72. The summed E-state index contributed by atoms with van der Waals surface area (Å²) in [6.07, 6.45) is 0. The lowest BCUT2D eigenvalue weighted by Crippen LogP contribution is -2.32. The predicted molar refractivity (Wildman–Crippen MR) is 47.9 cm³/mol. The molecule has 0 bridgehead atoms. The fourth-order valence-corrected chi connectivity index (χ4v) is 6.18. The van der Waals surface area contributed by atoms with E-state index in [2.05, 4.69) is 33.1 Å². The Hall–Kier alpha value is 0.394. The van der Waals surface area contributed by atoms with Crippen molar-refractivity contribution < 1.29 is 4.12 Å². The number of hydrogen-bond acceptors (Lipinski definition) is 1. The van der Waals surface area contributed by atoms with Gasteiger partial charge in [0.1, 0.15) is 0 Å². The summed E-state index contributed by atoms with van der Waals surface area (Å²) < 4.78 is 5.86.